The van der Waals surface area contributed by atoms with Crippen molar-refractivity contribution in [1.82, 2.24) is 14.5 Å². The van der Waals surface area contributed by atoms with E-state index in [-0.39, 0.29) is 23.8 Å². The summed E-state index contributed by atoms with van der Waals surface area (Å²) < 4.78 is 43.4. The van der Waals surface area contributed by atoms with Crippen molar-refractivity contribution in [2.75, 3.05) is 18.0 Å². The van der Waals surface area contributed by atoms with Gasteiger partial charge >= 0.3 is 0 Å². The zero-order valence-electron chi connectivity index (χ0n) is 20.4. The van der Waals surface area contributed by atoms with Gasteiger partial charge in [-0.05, 0) is 86.4 Å². The lowest BCUT2D eigenvalue weighted by Crippen LogP contribution is -2.51. The van der Waals surface area contributed by atoms with Crippen molar-refractivity contribution < 1.29 is 18.0 Å². The molecular formula is C28H26F3N5O. The fraction of sp³-hybridized carbons (Fsp3) is 0.393. The molecule has 1 spiro atoms. The van der Waals surface area contributed by atoms with Crippen LogP contribution in [0.15, 0.2) is 47.5 Å². The van der Waals surface area contributed by atoms with Gasteiger partial charge in [0.25, 0.3) is 5.91 Å². The van der Waals surface area contributed by atoms with Crippen LogP contribution in [-0.4, -0.2) is 44.9 Å². The summed E-state index contributed by atoms with van der Waals surface area (Å²) in [6.45, 7) is 3.20. The van der Waals surface area contributed by atoms with Crippen LogP contribution in [0, 0.1) is 29.3 Å². The molecule has 2 aliphatic carbocycles. The number of guanidine groups is 1. The lowest BCUT2D eigenvalue weighted by Gasteiger charge is -2.35. The van der Waals surface area contributed by atoms with Crippen LogP contribution in [0.25, 0.3) is 11.4 Å². The second-order valence-electron chi connectivity index (χ2n) is 10.7. The van der Waals surface area contributed by atoms with Crippen LogP contribution in [0.2, 0.25) is 0 Å². The second kappa shape index (κ2) is 7.94. The molecule has 3 unspecified atom stereocenters. The molecule has 2 fully saturated rings. The van der Waals surface area contributed by atoms with Gasteiger partial charge in [-0.25, -0.2) is 23.1 Å². The Morgan fingerprint density at radius 1 is 1.05 bits per heavy atom. The second-order valence-corrected chi connectivity index (χ2v) is 10.7. The molecule has 4 aliphatic rings. The van der Waals surface area contributed by atoms with Gasteiger partial charge in [-0.1, -0.05) is 6.07 Å². The number of aromatic nitrogens is 2. The Bertz CT molecular complexity index is 1470. The van der Waals surface area contributed by atoms with Gasteiger partial charge in [0.1, 0.15) is 17.5 Å². The third kappa shape index (κ3) is 3.29. The van der Waals surface area contributed by atoms with Crippen LogP contribution < -0.4 is 4.90 Å². The van der Waals surface area contributed by atoms with Gasteiger partial charge in [0.15, 0.2) is 17.3 Å². The minimum absolute atomic E-state index is 0.161. The third-order valence-corrected chi connectivity index (χ3v) is 8.57. The molecule has 190 valence electrons. The maximum absolute atomic E-state index is 14.1. The van der Waals surface area contributed by atoms with Crippen molar-refractivity contribution in [1.29, 1.82) is 0 Å². The van der Waals surface area contributed by atoms with Crippen molar-refractivity contribution in [3.8, 4) is 11.4 Å². The fourth-order valence-electron chi connectivity index (χ4n) is 6.92. The number of benzene rings is 2. The normalized spacial score (nSPS) is 25.7. The molecule has 6 nitrogen and oxygen atoms in total. The minimum atomic E-state index is -0.938. The monoisotopic (exact) mass is 505 g/mol. The molecule has 3 aromatic rings. The highest BCUT2D eigenvalue weighted by molar-refractivity contribution is 6.18. The summed E-state index contributed by atoms with van der Waals surface area (Å²) in [5, 5.41) is 0. The highest BCUT2D eigenvalue weighted by Crippen LogP contribution is 2.55. The zero-order chi connectivity index (χ0) is 25.5. The van der Waals surface area contributed by atoms with Crippen molar-refractivity contribution in [2.45, 2.75) is 44.7 Å². The summed E-state index contributed by atoms with van der Waals surface area (Å²) in [6.07, 6.45) is 4.58. The Labute approximate surface area is 212 Å². The molecule has 2 aromatic carbocycles. The zero-order valence-corrected chi connectivity index (χ0v) is 20.4. The van der Waals surface area contributed by atoms with Crippen molar-refractivity contribution in [3.63, 3.8) is 0 Å². The number of hydrogen-bond acceptors (Lipinski definition) is 4. The van der Waals surface area contributed by atoms with E-state index in [0.29, 0.717) is 59.3 Å². The molecule has 1 amide bonds. The lowest BCUT2D eigenvalue weighted by molar-refractivity contribution is 0.0841. The van der Waals surface area contributed by atoms with Crippen LogP contribution in [-0.2, 0) is 6.54 Å². The first-order chi connectivity index (χ1) is 17.9. The number of anilines is 1. The average Bonchev–Trinajstić information content (AvgIpc) is 3.65. The van der Waals surface area contributed by atoms with Gasteiger partial charge in [-0.2, -0.15) is 0 Å². The lowest BCUT2D eigenvalue weighted by atomic mass is 9.82. The number of fused-ring (bicyclic) bond motifs is 6. The topological polar surface area (TPSA) is 53.7 Å². The number of carbonyl (C=O) groups is 1. The summed E-state index contributed by atoms with van der Waals surface area (Å²) in [7, 11) is 0. The predicted octanol–water partition coefficient (Wildman–Crippen LogP) is 5.23. The van der Waals surface area contributed by atoms with E-state index in [0.717, 1.165) is 25.0 Å². The molecule has 9 heteroatoms. The van der Waals surface area contributed by atoms with Crippen LogP contribution in [0.1, 0.15) is 48.7 Å². The van der Waals surface area contributed by atoms with Gasteiger partial charge in [0.05, 0.1) is 18.6 Å². The smallest absolute Gasteiger partial charge is 0.283 e. The summed E-state index contributed by atoms with van der Waals surface area (Å²) in [6, 6.07) is 9.71. The highest BCUT2D eigenvalue weighted by atomic mass is 19.2. The van der Waals surface area contributed by atoms with Crippen molar-refractivity contribution in [2.24, 2.45) is 16.8 Å². The van der Waals surface area contributed by atoms with Gasteiger partial charge < -0.3 is 4.57 Å². The van der Waals surface area contributed by atoms with Crippen LogP contribution in [0.3, 0.4) is 0 Å². The number of aliphatic imine (C=N–C) groups is 1. The molecule has 2 saturated carbocycles. The molecule has 37 heavy (non-hydrogen) atoms. The standard InChI is InChI=1S/C28H26F3N5O/c1-2-34-26(37)23-25(36-15-28(33-27(34)36)13-16-3-7-19(28)11-16)35(14-17-4-10-21(30)22(31)12-17)24(32-23)18-5-8-20(29)9-6-18/h4-6,8-10,12,16,19H,2-3,7,11,13-15H2,1H3. The molecule has 1 aromatic heterocycles. The molecule has 2 bridgehead atoms. The van der Waals surface area contributed by atoms with Gasteiger partial charge in [0, 0.05) is 12.1 Å². The Balaban J connectivity index is 1.41. The molecule has 7 rings (SSSR count). The number of carbonyl (C=O) groups excluding carboxylic acids is 1. The maximum atomic E-state index is 14.1. The number of amides is 1. The van der Waals surface area contributed by atoms with E-state index in [9.17, 15) is 18.0 Å². The molecular weight excluding hydrogens is 479 g/mol. The third-order valence-electron chi connectivity index (χ3n) is 8.57. The molecule has 2 aliphatic heterocycles. The number of halogens is 3. The first kappa shape index (κ1) is 22.6. The van der Waals surface area contributed by atoms with Gasteiger partial charge in [0.2, 0.25) is 5.96 Å². The van der Waals surface area contributed by atoms with Crippen LogP contribution in [0.5, 0.6) is 0 Å². The number of hydrogen-bond donors (Lipinski definition) is 0. The first-order valence-corrected chi connectivity index (χ1v) is 12.9. The average molecular weight is 506 g/mol. The number of imidazole rings is 1. The van der Waals surface area contributed by atoms with E-state index in [1.807, 2.05) is 11.5 Å². The highest BCUT2D eigenvalue weighted by Gasteiger charge is 2.58. The van der Waals surface area contributed by atoms with E-state index in [1.54, 1.807) is 17.0 Å². The predicted molar refractivity (Wildman–Crippen MR) is 133 cm³/mol. The van der Waals surface area contributed by atoms with Gasteiger partial charge in [-0.15, -0.1) is 0 Å². The Kier molecular flexibility index (Phi) is 4.84. The van der Waals surface area contributed by atoms with E-state index in [1.165, 1.54) is 31.0 Å². The number of nitrogens with zero attached hydrogens (tertiary/aromatic N) is 5. The molecule has 0 radical (unpaired) electrons. The molecule has 0 N–H and O–H groups in total. The number of rotatable bonds is 4. The largest absolute Gasteiger partial charge is 0.305 e. The maximum Gasteiger partial charge on any atom is 0.283 e. The van der Waals surface area contributed by atoms with Crippen LogP contribution in [0.4, 0.5) is 19.0 Å². The molecule has 3 heterocycles. The Hall–Kier alpha value is -3.62. The van der Waals surface area contributed by atoms with E-state index >= 15 is 0 Å². The quantitative estimate of drug-likeness (QED) is 0.488. The Morgan fingerprint density at radius 3 is 2.54 bits per heavy atom. The van der Waals surface area contributed by atoms with Crippen molar-refractivity contribution >= 4 is 17.7 Å². The van der Waals surface area contributed by atoms with E-state index in [2.05, 4.69) is 4.90 Å². The first-order valence-electron chi connectivity index (χ1n) is 12.9. The summed E-state index contributed by atoms with van der Waals surface area (Å²) in [5.41, 5.74) is 1.23. The Morgan fingerprint density at radius 2 is 1.86 bits per heavy atom. The minimum Gasteiger partial charge on any atom is -0.305 e. The van der Waals surface area contributed by atoms with E-state index in [4.69, 9.17) is 9.98 Å². The summed E-state index contributed by atoms with van der Waals surface area (Å²) in [4.78, 5) is 27.5. The molecule has 0 saturated heterocycles. The van der Waals surface area contributed by atoms with E-state index < -0.39 is 11.6 Å². The van der Waals surface area contributed by atoms with Crippen LogP contribution >= 0.6 is 0 Å². The van der Waals surface area contributed by atoms with Gasteiger partial charge in [-0.3, -0.25) is 14.6 Å². The summed E-state index contributed by atoms with van der Waals surface area (Å²) >= 11 is 0. The summed E-state index contributed by atoms with van der Waals surface area (Å²) in [5.74, 6) is 0.405. The fourth-order valence-corrected chi connectivity index (χ4v) is 6.92. The molecule has 3 atom stereocenters. The van der Waals surface area contributed by atoms with Crippen molar-refractivity contribution in [3.05, 3.63) is 71.2 Å². The SMILES string of the molecule is CCN1C(=O)c2nc(-c3ccc(F)cc3)n(Cc3ccc(F)c(F)c3)c2N2CC3(CC4CCC3C4)N=C12.